The van der Waals surface area contributed by atoms with Gasteiger partial charge in [-0.05, 0) is 47.9 Å². The van der Waals surface area contributed by atoms with Gasteiger partial charge in [0.2, 0.25) is 16.6 Å². The summed E-state index contributed by atoms with van der Waals surface area (Å²) >= 11 is 0. The van der Waals surface area contributed by atoms with Gasteiger partial charge in [-0.15, -0.1) is 0 Å². The number of nitro groups is 2. The van der Waals surface area contributed by atoms with Crippen molar-refractivity contribution in [1.82, 2.24) is 0 Å². The minimum atomic E-state index is -5.00. The molecule has 52 heavy (non-hydrogen) atoms. The van der Waals surface area contributed by atoms with E-state index in [0.29, 0.717) is 12.1 Å². The first-order valence-corrected chi connectivity index (χ1v) is 16.6. The molecule has 0 spiro atoms. The Balaban J connectivity index is 1.67. The number of nitro benzene ring substituents is 1. The maximum Gasteiger partial charge on any atom is 0.294 e. The number of aromatic hydroxyl groups is 1. The Morgan fingerprint density at radius 2 is 1.31 bits per heavy atom. The molecule has 5 rings (SSSR count). The molecule has 24 heteroatoms. The molecule has 0 saturated carbocycles. The van der Waals surface area contributed by atoms with Crippen LogP contribution in [0.15, 0.2) is 113 Å². The normalized spacial score (nSPS) is 14.8. The lowest BCUT2D eigenvalue weighted by atomic mass is 10.1. The van der Waals surface area contributed by atoms with Gasteiger partial charge in [0.1, 0.15) is 22.5 Å². The van der Waals surface area contributed by atoms with E-state index in [9.17, 15) is 65.7 Å². The van der Waals surface area contributed by atoms with Gasteiger partial charge in [-0.25, -0.2) is 0 Å². The Hall–Kier alpha value is -7.02. The van der Waals surface area contributed by atoms with Crippen molar-refractivity contribution in [3.63, 3.8) is 0 Å². The van der Waals surface area contributed by atoms with Crippen molar-refractivity contribution in [2.45, 2.75) is 9.79 Å². The quantitative estimate of drug-likeness (QED) is 0.0554. The average molecular weight is 755 g/mol. The molecule has 0 saturated heterocycles. The van der Waals surface area contributed by atoms with Gasteiger partial charge in [0.15, 0.2) is 5.36 Å². The first-order valence-electron chi connectivity index (χ1n) is 13.7. The standard InChI is InChI=1S/C28H18N8O14S2/c37-23-9-16(36(43)44)5-6-19(23)30-32-21-12-22(28(40)26(27(21)39)34-29-14-1-3-15(4-2-14)35(41)42)33-31-20-10-17(51(45,46)47)7-13-8-18(52(48,49)50)11-24(38)25(13)20/h1-12,29,31-32,38H,(H,45,46,47)(H,48,49,50). The monoisotopic (exact) mass is 754 g/mol. The molecule has 266 valence electrons. The second kappa shape index (κ2) is 13.7. The van der Waals surface area contributed by atoms with Crippen LogP contribution >= 0.6 is 0 Å². The number of fused-ring (bicyclic) bond motifs is 1. The van der Waals surface area contributed by atoms with E-state index in [0.717, 1.165) is 48.6 Å². The summed E-state index contributed by atoms with van der Waals surface area (Å²) in [4.78, 5) is 57.9. The number of allylic oxidation sites excluding steroid dienone is 3. The fourth-order valence-corrected chi connectivity index (χ4v) is 5.52. The van der Waals surface area contributed by atoms with E-state index in [2.05, 4.69) is 31.6 Å². The number of anilines is 3. The lowest BCUT2D eigenvalue weighted by molar-refractivity contribution is -0.419. The van der Waals surface area contributed by atoms with Crippen molar-refractivity contribution in [3.8, 4) is 5.75 Å². The van der Waals surface area contributed by atoms with Crippen LogP contribution in [0.1, 0.15) is 0 Å². The number of non-ortho nitro benzene ring substituents is 1. The molecule has 1 aliphatic rings. The molecule has 1 aliphatic carbocycles. The van der Waals surface area contributed by atoms with E-state index < -0.39 is 95.8 Å². The van der Waals surface area contributed by atoms with Gasteiger partial charge in [-0.1, -0.05) is 0 Å². The van der Waals surface area contributed by atoms with E-state index in [1.165, 1.54) is 12.1 Å². The third-order valence-corrected chi connectivity index (χ3v) is 8.55. The van der Waals surface area contributed by atoms with Crippen LogP contribution in [0.4, 0.5) is 22.7 Å². The Morgan fingerprint density at radius 1 is 0.692 bits per heavy atom. The molecule has 0 fully saturated rings. The van der Waals surface area contributed by atoms with E-state index in [1.807, 2.05) is 0 Å². The van der Waals surface area contributed by atoms with Crippen LogP contribution in [-0.4, -0.2) is 52.4 Å². The van der Waals surface area contributed by atoms with Crippen LogP contribution in [-0.2, 0) is 25.0 Å². The maximum atomic E-state index is 13.5. The van der Waals surface area contributed by atoms with E-state index in [-0.39, 0.29) is 22.1 Å². The summed E-state index contributed by atoms with van der Waals surface area (Å²) in [6.45, 7) is 0. The van der Waals surface area contributed by atoms with E-state index >= 15 is 0 Å². The second-order valence-electron chi connectivity index (χ2n) is 10.3. The first kappa shape index (κ1) is 36.3. The van der Waals surface area contributed by atoms with Crippen LogP contribution in [0.3, 0.4) is 0 Å². The minimum absolute atomic E-state index is 0.0826. The maximum absolute atomic E-state index is 13.5. The highest BCUT2D eigenvalue weighted by atomic mass is 32.2. The predicted octanol–water partition coefficient (Wildman–Crippen LogP) is 0.466. The van der Waals surface area contributed by atoms with Crippen molar-refractivity contribution < 1.29 is 45.7 Å². The number of carbonyl (C=O) groups is 1. The zero-order valence-corrected chi connectivity index (χ0v) is 26.9. The fraction of sp³-hybridized carbons (Fsp3) is 0. The van der Waals surface area contributed by atoms with Gasteiger partial charge < -0.3 is 5.11 Å². The van der Waals surface area contributed by atoms with Crippen LogP contribution in [0.25, 0.3) is 10.8 Å². The third-order valence-electron chi connectivity index (χ3n) is 6.88. The topological polar surface area (TPSA) is 340 Å². The minimum Gasteiger partial charge on any atom is -0.507 e. The molecular formula is C28H18N8O14S2. The molecule has 0 amide bonds. The Labute approximate surface area is 287 Å². The van der Waals surface area contributed by atoms with Gasteiger partial charge in [-0.3, -0.25) is 60.0 Å². The van der Waals surface area contributed by atoms with Crippen molar-refractivity contribution in [3.05, 3.63) is 130 Å². The molecular weight excluding hydrogens is 736 g/mol. The molecule has 4 aromatic rings. The number of benzene rings is 4. The van der Waals surface area contributed by atoms with Gasteiger partial charge in [-0.2, -0.15) is 32.1 Å². The molecule has 6 N–H and O–H groups in total. The van der Waals surface area contributed by atoms with Crippen molar-refractivity contribution in [1.29, 1.82) is 0 Å². The summed E-state index contributed by atoms with van der Waals surface area (Å²) in [5, 5.41) is 41.8. The van der Waals surface area contributed by atoms with E-state index in [1.54, 1.807) is 0 Å². The van der Waals surface area contributed by atoms with Crippen LogP contribution in [0.2, 0.25) is 0 Å². The number of ketones is 1. The second-order valence-corrected chi connectivity index (χ2v) is 13.1. The summed E-state index contributed by atoms with van der Waals surface area (Å²) in [6.07, 6.45) is 2.60. The summed E-state index contributed by atoms with van der Waals surface area (Å²) in [5.74, 6) is -1.75. The van der Waals surface area contributed by atoms with Crippen molar-refractivity contribution in [2.75, 3.05) is 16.3 Å². The number of hydrazone groups is 1. The summed E-state index contributed by atoms with van der Waals surface area (Å²) in [5.41, 5.74) is 2.46. The Kier molecular flexibility index (Phi) is 9.56. The zero-order chi connectivity index (χ0) is 38.1. The number of rotatable bonds is 10. The number of hydrogen-bond acceptors (Lipinski definition) is 18. The molecule has 0 atom stereocenters. The Morgan fingerprint density at radius 3 is 1.88 bits per heavy atom. The van der Waals surface area contributed by atoms with Gasteiger partial charge in [0.25, 0.3) is 31.6 Å². The number of carbonyl (C=O) groups excluding carboxylic acids is 1. The van der Waals surface area contributed by atoms with Crippen LogP contribution < -0.4 is 37.8 Å². The Bertz CT molecular complexity index is 2780. The van der Waals surface area contributed by atoms with Crippen LogP contribution in [0.5, 0.6) is 5.75 Å². The third kappa shape index (κ3) is 7.73. The molecule has 4 aromatic carbocycles. The number of nitrogens with zero attached hydrogens (tertiary/aromatic N) is 5. The highest BCUT2D eigenvalue weighted by Crippen LogP contribution is 2.36. The highest BCUT2D eigenvalue weighted by Gasteiger charge is 2.21. The van der Waals surface area contributed by atoms with Gasteiger partial charge >= 0.3 is 0 Å². The highest BCUT2D eigenvalue weighted by molar-refractivity contribution is 7.86. The van der Waals surface area contributed by atoms with Crippen molar-refractivity contribution in [2.24, 2.45) is 15.3 Å². The SMILES string of the molecule is O=C1C=C([N+](=O)[O-])C=CC1=NNc1cc(=NNc2cc(S(=O)(=O)O)cc3cc(S(=O)(=O)O)cc(O)c23)c(=O)c(=NNc2ccc([N+](=O)[O-])cc2)c1=O. The molecule has 0 aromatic heterocycles. The van der Waals surface area contributed by atoms with Crippen LogP contribution in [0, 0.1) is 20.2 Å². The molecule has 0 heterocycles. The van der Waals surface area contributed by atoms with Gasteiger partial charge in [0, 0.05) is 29.7 Å². The molecule has 22 nitrogen and oxygen atoms in total. The zero-order valence-electron chi connectivity index (χ0n) is 25.3. The lowest BCUT2D eigenvalue weighted by Gasteiger charge is -2.11. The summed E-state index contributed by atoms with van der Waals surface area (Å²) < 4.78 is 66.6. The van der Waals surface area contributed by atoms with E-state index in [4.69, 9.17) is 0 Å². The number of phenolic OH excluding ortho intramolecular Hbond substituents is 1. The predicted molar refractivity (Wildman–Crippen MR) is 178 cm³/mol. The lowest BCUT2D eigenvalue weighted by Crippen LogP contribution is -2.49. The molecule has 0 aliphatic heterocycles. The molecule has 0 unspecified atom stereocenters. The number of nitrogens with one attached hydrogen (secondary N) is 3. The number of hydrogen-bond donors (Lipinski definition) is 6. The number of phenols is 1. The molecule has 0 radical (unpaired) electrons. The fourth-order valence-electron chi connectivity index (χ4n) is 4.44. The van der Waals surface area contributed by atoms with Gasteiger partial charge in [0.05, 0.1) is 37.1 Å². The summed E-state index contributed by atoms with van der Waals surface area (Å²) in [7, 11) is -9.91. The first-order chi connectivity index (χ1) is 24.3. The smallest absolute Gasteiger partial charge is 0.294 e. The molecule has 0 bridgehead atoms. The average Bonchev–Trinajstić information content (AvgIpc) is 3.06. The largest absolute Gasteiger partial charge is 0.507 e. The van der Waals surface area contributed by atoms with Crippen molar-refractivity contribution >= 4 is 65.3 Å². The summed E-state index contributed by atoms with van der Waals surface area (Å²) in [6, 6.07) is 8.32.